The molecule has 3 nitrogen and oxygen atoms in total. The maximum atomic E-state index is 14.1. The van der Waals surface area contributed by atoms with E-state index in [0.717, 1.165) is 38.9 Å². The van der Waals surface area contributed by atoms with Crippen LogP contribution >= 0.6 is 0 Å². The number of hydrogen-bond acceptors (Lipinski definition) is 3. The molecule has 0 unspecified atom stereocenters. The molecule has 0 spiro atoms. The van der Waals surface area contributed by atoms with Crippen LogP contribution < -0.4 is 0 Å². The lowest BCUT2D eigenvalue weighted by Crippen LogP contribution is -2.46. The van der Waals surface area contributed by atoms with E-state index >= 15 is 0 Å². The Hall–Kier alpha value is -3.33. The van der Waals surface area contributed by atoms with Crippen LogP contribution in [0.25, 0.3) is 0 Å². The first kappa shape index (κ1) is 24.3. The highest BCUT2D eigenvalue weighted by Crippen LogP contribution is 2.35. The van der Waals surface area contributed by atoms with Crippen molar-refractivity contribution in [2.24, 2.45) is 5.41 Å². The molecular formula is C30H32O3. The maximum absolute atomic E-state index is 14.1. The minimum absolute atomic E-state index is 0.0166. The van der Waals surface area contributed by atoms with Gasteiger partial charge in [0.1, 0.15) is 0 Å². The molecule has 0 radical (unpaired) electrons. The zero-order valence-corrected chi connectivity index (χ0v) is 20.6. The van der Waals surface area contributed by atoms with Gasteiger partial charge < -0.3 is 0 Å². The van der Waals surface area contributed by atoms with Crippen LogP contribution in [0, 0.1) is 47.0 Å². The molecule has 0 saturated carbocycles. The minimum atomic E-state index is -1.83. The van der Waals surface area contributed by atoms with E-state index < -0.39 is 17.0 Å². The number of aryl methyl sites for hydroxylation is 6. The number of benzene rings is 3. The summed E-state index contributed by atoms with van der Waals surface area (Å²) in [6.07, 6.45) is 0.0166. The second-order valence-corrected chi connectivity index (χ2v) is 9.42. The predicted molar refractivity (Wildman–Crippen MR) is 133 cm³/mol. The van der Waals surface area contributed by atoms with Crippen LogP contribution in [0.2, 0.25) is 0 Å². The number of ketones is 3. The van der Waals surface area contributed by atoms with Crippen molar-refractivity contribution in [1.29, 1.82) is 0 Å². The number of Topliss-reactive ketones (excluding diaryl/α,β-unsaturated/α-hetero) is 3. The van der Waals surface area contributed by atoms with Crippen LogP contribution in [0.5, 0.6) is 0 Å². The van der Waals surface area contributed by atoms with Gasteiger partial charge in [-0.15, -0.1) is 0 Å². The van der Waals surface area contributed by atoms with Crippen molar-refractivity contribution in [2.75, 3.05) is 0 Å². The van der Waals surface area contributed by atoms with Gasteiger partial charge in [-0.05, 0) is 76.3 Å². The first-order chi connectivity index (χ1) is 15.5. The van der Waals surface area contributed by atoms with Gasteiger partial charge in [-0.25, -0.2) is 0 Å². The van der Waals surface area contributed by atoms with Crippen LogP contribution in [0.15, 0.2) is 54.6 Å². The fraction of sp³-hybridized carbons (Fsp3) is 0.300. The molecule has 3 aromatic rings. The minimum Gasteiger partial charge on any atom is -0.298 e. The van der Waals surface area contributed by atoms with Crippen molar-refractivity contribution >= 4 is 17.3 Å². The molecule has 0 aliphatic carbocycles. The molecule has 3 aromatic carbocycles. The third-order valence-electron chi connectivity index (χ3n) is 6.48. The molecule has 0 aromatic heterocycles. The highest BCUT2D eigenvalue weighted by molar-refractivity contribution is 6.33. The summed E-state index contributed by atoms with van der Waals surface area (Å²) in [5.74, 6) is -1.24. The summed E-state index contributed by atoms with van der Waals surface area (Å²) in [5.41, 5.74) is 5.06. The van der Waals surface area contributed by atoms with Gasteiger partial charge in [0.05, 0.1) is 0 Å². The molecule has 0 aliphatic heterocycles. The Labute approximate surface area is 196 Å². The van der Waals surface area contributed by atoms with E-state index in [9.17, 15) is 14.4 Å². The van der Waals surface area contributed by atoms with Crippen LogP contribution in [-0.2, 0) is 11.2 Å². The zero-order chi connectivity index (χ0) is 24.5. The Morgan fingerprint density at radius 1 is 0.636 bits per heavy atom. The van der Waals surface area contributed by atoms with Crippen molar-refractivity contribution in [3.63, 3.8) is 0 Å². The molecule has 33 heavy (non-hydrogen) atoms. The Balaban J connectivity index is 2.22. The Bertz CT molecular complexity index is 1130. The van der Waals surface area contributed by atoms with Crippen LogP contribution in [0.4, 0.5) is 0 Å². The van der Waals surface area contributed by atoms with Gasteiger partial charge in [0.15, 0.2) is 22.8 Å². The first-order valence-electron chi connectivity index (χ1n) is 11.3. The molecule has 0 heterocycles. The third-order valence-corrected chi connectivity index (χ3v) is 6.48. The summed E-state index contributed by atoms with van der Waals surface area (Å²) in [4.78, 5) is 42.0. The van der Waals surface area contributed by atoms with E-state index in [-0.39, 0.29) is 12.2 Å². The highest BCUT2D eigenvalue weighted by Gasteiger charge is 2.49. The molecule has 3 heteroatoms. The Morgan fingerprint density at radius 3 is 1.36 bits per heavy atom. The quantitative estimate of drug-likeness (QED) is 0.315. The third kappa shape index (κ3) is 4.59. The van der Waals surface area contributed by atoms with E-state index in [1.54, 1.807) is 0 Å². The summed E-state index contributed by atoms with van der Waals surface area (Å²) in [6.45, 7) is 12.9. The number of hydrogen-bond donors (Lipinski definition) is 0. The van der Waals surface area contributed by atoms with Gasteiger partial charge in [0.25, 0.3) is 0 Å². The van der Waals surface area contributed by atoms with Crippen molar-refractivity contribution in [2.45, 2.75) is 54.9 Å². The van der Waals surface area contributed by atoms with Crippen LogP contribution in [0.1, 0.15) is 66.6 Å². The van der Waals surface area contributed by atoms with E-state index in [1.807, 2.05) is 96.1 Å². The van der Waals surface area contributed by atoms with Gasteiger partial charge in [-0.3, -0.25) is 14.4 Å². The standard InChI is InChI=1S/C30H32O3/c1-18-13-20(3)26(21(4)14-18)28(32)30(7,25(31)17-24-11-9-8-10-12-24)29(33)27-22(5)15-19(2)16-23(27)6/h8-16H,17H2,1-7H3. The largest absolute Gasteiger partial charge is 0.298 e. The Morgan fingerprint density at radius 2 is 1.00 bits per heavy atom. The summed E-state index contributed by atoms with van der Waals surface area (Å²) in [7, 11) is 0. The van der Waals surface area contributed by atoms with Crippen molar-refractivity contribution in [3.8, 4) is 0 Å². The fourth-order valence-corrected chi connectivity index (χ4v) is 4.89. The molecule has 0 amide bonds. The summed E-state index contributed by atoms with van der Waals surface area (Å²) in [6, 6.07) is 17.0. The molecule has 0 fully saturated rings. The molecule has 0 bridgehead atoms. The highest BCUT2D eigenvalue weighted by atomic mass is 16.2. The Kier molecular flexibility index (Phi) is 6.83. The van der Waals surface area contributed by atoms with Crippen molar-refractivity contribution in [1.82, 2.24) is 0 Å². The number of carbonyl (C=O) groups excluding carboxylic acids is 3. The monoisotopic (exact) mass is 440 g/mol. The molecule has 3 rings (SSSR count). The maximum Gasteiger partial charge on any atom is 0.184 e. The first-order valence-corrected chi connectivity index (χ1v) is 11.3. The molecule has 0 atom stereocenters. The average Bonchev–Trinajstić information content (AvgIpc) is 2.72. The smallest absolute Gasteiger partial charge is 0.184 e. The van der Waals surface area contributed by atoms with E-state index in [2.05, 4.69) is 0 Å². The van der Waals surface area contributed by atoms with E-state index in [0.29, 0.717) is 11.1 Å². The summed E-state index contributed by atoms with van der Waals surface area (Å²) >= 11 is 0. The van der Waals surface area contributed by atoms with Crippen LogP contribution in [-0.4, -0.2) is 17.3 Å². The lowest BCUT2D eigenvalue weighted by Gasteiger charge is -2.28. The van der Waals surface area contributed by atoms with Gasteiger partial charge in [0, 0.05) is 17.5 Å². The van der Waals surface area contributed by atoms with E-state index in [1.165, 1.54) is 6.92 Å². The average molecular weight is 441 g/mol. The molecular weight excluding hydrogens is 408 g/mol. The lowest BCUT2D eigenvalue weighted by atomic mass is 9.69. The van der Waals surface area contributed by atoms with Gasteiger partial charge in [-0.2, -0.15) is 0 Å². The van der Waals surface area contributed by atoms with Gasteiger partial charge >= 0.3 is 0 Å². The number of rotatable bonds is 7. The predicted octanol–water partition coefficient (Wildman–Crippen LogP) is 6.42. The molecule has 0 saturated heterocycles. The van der Waals surface area contributed by atoms with Gasteiger partial charge in [-0.1, -0.05) is 65.7 Å². The van der Waals surface area contributed by atoms with Gasteiger partial charge in [0.2, 0.25) is 0 Å². The topological polar surface area (TPSA) is 51.2 Å². The lowest BCUT2D eigenvalue weighted by molar-refractivity contribution is -0.123. The zero-order valence-electron chi connectivity index (χ0n) is 20.6. The molecule has 170 valence electrons. The van der Waals surface area contributed by atoms with Crippen LogP contribution in [0.3, 0.4) is 0 Å². The van der Waals surface area contributed by atoms with Crippen molar-refractivity contribution < 1.29 is 14.4 Å². The van der Waals surface area contributed by atoms with E-state index in [4.69, 9.17) is 0 Å². The molecule has 0 aliphatic rings. The normalized spacial score (nSPS) is 11.4. The van der Waals surface area contributed by atoms with Crippen molar-refractivity contribution in [3.05, 3.63) is 105 Å². The second kappa shape index (κ2) is 9.27. The summed E-state index contributed by atoms with van der Waals surface area (Å²) < 4.78 is 0. The second-order valence-electron chi connectivity index (χ2n) is 9.42. The number of carbonyl (C=O) groups is 3. The fourth-order valence-electron chi connectivity index (χ4n) is 4.89. The summed E-state index contributed by atoms with van der Waals surface area (Å²) in [5, 5.41) is 0. The molecule has 0 N–H and O–H groups in total. The SMILES string of the molecule is Cc1cc(C)c(C(=O)C(C)(C(=O)Cc2ccccc2)C(=O)c2c(C)cc(C)cc2C)c(C)c1.